The van der Waals surface area contributed by atoms with Gasteiger partial charge in [0.1, 0.15) is 0 Å². The van der Waals surface area contributed by atoms with Crippen LogP contribution in [0.25, 0.3) is 0 Å². The van der Waals surface area contributed by atoms with Crippen molar-refractivity contribution < 1.29 is 9.47 Å². The average molecular weight is 213 g/mol. The maximum Gasteiger partial charge on any atom is 0.0471 e. The molecule has 2 fully saturated rings. The van der Waals surface area contributed by atoms with Crippen molar-refractivity contribution in [3.8, 4) is 0 Å². The van der Waals surface area contributed by atoms with E-state index in [2.05, 4.69) is 5.32 Å². The number of nitrogens with one attached hydrogen (secondary N) is 1. The average Bonchev–Trinajstić information content (AvgIpc) is 3.09. The summed E-state index contributed by atoms with van der Waals surface area (Å²) in [5, 5.41) is 3.66. The van der Waals surface area contributed by atoms with Crippen LogP contribution in [-0.4, -0.2) is 39.5 Å². The van der Waals surface area contributed by atoms with Crippen LogP contribution in [0.3, 0.4) is 0 Å². The third-order valence-corrected chi connectivity index (χ3v) is 3.73. The molecule has 0 bridgehead atoms. The summed E-state index contributed by atoms with van der Waals surface area (Å²) in [5.74, 6) is 0. The van der Waals surface area contributed by atoms with Gasteiger partial charge in [-0.2, -0.15) is 0 Å². The number of methoxy groups -OCH3 is 1. The molecular weight excluding hydrogens is 190 g/mol. The molecule has 2 aliphatic rings. The number of hydrogen-bond acceptors (Lipinski definition) is 3. The van der Waals surface area contributed by atoms with E-state index in [4.69, 9.17) is 9.47 Å². The maximum atomic E-state index is 5.46. The van der Waals surface area contributed by atoms with Crippen LogP contribution in [0, 0.1) is 5.41 Å². The molecule has 1 N–H and O–H groups in total. The first-order chi connectivity index (χ1) is 7.35. The topological polar surface area (TPSA) is 30.5 Å². The van der Waals surface area contributed by atoms with Gasteiger partial charge in [-0.15, -0.1) is 0 Å². The van der Waals surface area contributed by atoms with Gasteiger partial charge in [0.15, 0.2) is 0 Å². The molecule has 15 heavy (non-hydrogen) atoms. The van der Waals surface area contributed by atoms with E-state index in [0.717, 1.165) is 32.4 Å². The number of rotatable bonds is 6. The first kappa shape index (κ1) is 11.4. The molecule has 0 amide bonds. The summed E-state index contributed by atoms with van der Waals surface area (Å²) in [6.45, 7) is 3.89. The normalized spacial score (nSPS) is 25.4. The second-order valence-corrected chi connectivity index (χ2v) is 5.01. The minimum absolute atomic E-state index is 0.441. The third kappa shape index (κ3) is 3.44. The van der Waals surface area contributed by atoms with Gasteiger partial charge in [0.2, 0.25) is 0 Å². The van der Waals surface area contributed by atoms with E-state index in [9.17, 15) is 0 Å². The van der Waals surface area contributed by atoms with Gasteiger partial charge in [0.05, 0.1) is 0 Å². The summed E-state index contributed by atoms with van der Waals surface area (Å²) in [6.07, 6.45) is 6.30. The van der Waals surface area contributed by atoms with Crippen molar-refractivity contribution in [2.45, 2.75) is 38.1 Å². The fourth-order valence-electron chi connectivity index (χ4n) is 2.29. The fraction of sp³-hybridized carbons (Fsp3) is 1.00. The Kier molecular flexibility index (Phi) is 4.00. The molecule has 0 aromatic carbocycles. The monoisotopic (exact) mass is 213 g/mol. The van der Waals surface area contributed by atoms with Crippen LogP contribution in [0.4, 0.5) is 0 Å². The van der Waals surface area contributed by atoms with E-state index in [1.165, 1.54) is 32.1 Å². The van der Waals surface area contributed by atoms with Gasteiger partial charge in [-0.05, 0) is 37.5 Å². The van der Waals surface area contributed by atoms with Gasteiger partial charge < -0.3 is 14.8 Å². The second kappa shape index (κ2) is 5.28. The summed E-state index contributed by atoms with van der Waals surface area (Å²) < 4.78 is 10.7. The minimum atomic E-state index is 0.441. The molecule has 0 aromatic heterocycles. The molecule has 0 radical (unpaired) electrons. The first-order valence-electron chi connectivity index (χ1n) is 6.15. The number of hydrogen-bond donors (Lipinski definition) is 1. The van der Waals surface area contributed by atoms with Crippen LogP contribution >= 0.6 is 0 Å². The zero-order valence-electron chi connectivity index (χ0n) is 9.76. The smallest absolute Gasteiger partial charge is 0.0471 e. The van der Waals surface area contributed by atoms with E-state index in [0.29, 0.717) is 5.41 Å². The molecule has 0 atom stereocenters. The van der Waals surface area contributed by atoms with E-state index >= 15 is 0 Å². The van der Waals surface area contributed by atoms with Gasteiger partial charge in [0, 0.05) is 39.5 Å². The predicted octanol–water partition coefficient (Wildman–Crippen LogP) is 1.57. The molecule has 1 heterocycles. The van der Waals surface area contributed by atoms with E-state index < -0.39 is 0 Å². The van der Waals surface area contributed by atoms with Crippen molar-refractivity contribution >= 4 is 0 Å². The van der Waals surface area contributed by atoms with E-state index in [-0.39, 0.29) is 0 Å². The summed E-state index contributed by atoms with van der Waals surface area (Å²) >= 11 is 0. The lowest BCUT2D eigenvalue weighted by atomic mass is 9.77. The SMILES string of the molecule is COCCC1(CNC2CC2)CCOCC1. The van der Waals surface area contributed by atoms with Crippen molar-refractivity contribution in [3.63, 3.8) is 0 Å². The summed E-state index contributed by atoms with van der Waals surface area (Å²) in [4.78, 5) is 0. The summed E-state index contributed by atoms with van der Waals surface area (Å²) in [7, 11) is 1.79. The Hall–Kier alpha value is -0.120. The zero-order valence-corrected chi connectivity index (χ0v) is 9.76. The Morgan fingerprint density at radius 1 is 1.33 bits per heavy atom. The molecule has 0 aromatic rings. The molecule has 1 aliphatic carbocycles. The predicted molar refractivity (Wildman–Crippen MR) is 60.0 cm³/mol. The summed E-state index contributed by atoms with van der Waals surface area (Å²) in [6, 6.07) is 0.812. The summed E-state index contributed by atoms with van der Waals surface area (Å²) in [5.41, 5.74) is 0.441. The van der Waals surface area contributed by atoms with Crippen LogP contribution < -0.4 is 5.32 Å². The van der Waals surface area contributed by atoms with Crippen molar-refractivity contribution in [3.05, 3.63) is 0 Å². The van der Waals surface area contributed by atoms with Gasteiger partial charge in [-0.1, -0.05) is 0 Å². The van der Waals surface area contributed by atoms with Crippen LogP contribution in [0.5, 0.6) is 0 Å². The molecule has 3 nitrogen and oxygen atoms in total. The Balaban J connectivity index is 1.80. The quantitative estimate of drug-likeness (QED) is 0.726. The molecule has 0 unspecified atom stereocenters. The molecule has 3 heteroatoms. The lowest BCUT2D eigenvalue weighted by Gasteiger charge is -2.37. The van der Waals surface area contributed by atoms with Crippen LogP contribution in [0.2, 0.25) is 0 Å². The Morgan fingerprint density at radius 3 is 2.67 bits per heavy atom. The molecule has 88 valence electrons. The molecule has 1 saturated heterocycles. The van der Waals surface area contributed by atoms with Crippen molar-refractivity contribution in [2.75, 3.05) is 33.5 Å². The van der Waals surface area contributed by atoms with Crippen molar-refractivity contribution in [1.29, 1.82) is 0 Å². The molecular formula is C12H23NO2. The molecule has 2 rings (SSSR count). The Bertz CT molecular complexity index is 186. The van der Waals surface area contributed by atoms with Gasteiger partial charge >= 0.3 is 0 Å². The largest absolute Gasteiger partial charge is 0.385 e. The van der Waals surface area contributed by atoms with Crippen LogP contribution in [0.1, 0.15) is 32.1 Å². The van der Waals surface area contributed by atoms with Crippen molar-refractivity contribution in [2.24, 2.45) is 5.41 Å². The lowest BCUT2D eigenvalue weighted by molar-refractivity contribution is -0.00151. The molecule has 0 spiro atoms. The Labute approximate surface area is 92.5 Å². The first-order valence-corrected chi connectivity index (χ1v) is 6.15. The van der Waals surface area contributed by atoms with Crippen molar-refractivity contribution in [1.82, 2.24) is 5.32 Å². The highest BCUT2D eigenvalue weighted by molar-refractivity contribution is 4.89. The van der Waals surface area contributed by atoms with Gasteiger partial charge in [-0.25, -0.2) is 0 Å². The fourth-order valence-corrected chi connectivity index (χ4v) is 2.29. The highest BCUT2D eigenvalue weighted by Gasteiger charge is 2.34. The van der Waals surface area contributed by atoms with Gasteiger partial charge in [-0.3, -0.25) is 0 Å². The standard InChI is InChI=1S/C12H23NO2/c1-14-7-4-12(5-8-15-9-6-12)10-13-11-2-3-11/h11,13H,2-10H2,1H3. The zero-order chi connectivity index (χ0) is 10.6. The van der Waals surface area contributed by atoms with Gasteiger partial charge in [0.25, 0.3) is 0 Å². The molecule has 1 saturated carbocycles. The maximum absolute atomic E-state index is 5.46. The van der Waals surface area contributed by atoms with Crippen LogP contribution in [0.15, 0.2) is 0 Å². The van der Waals surface area contributed by atoms with Crippen LogP contribution in [-0.2, 0) is 9.47 Å². The Morgan fingerprint density at radius 2 is 2.07 bits per heavy atom. The van der Waals surface area contributed by atoms with E-state index in [1.807, 2.05) is 0 Å². The third-order valence-electron chi connectivity index (χ3n) is 3.73. The lowest BCUT2D eigenvalue weighted by Crippen LogP contribution is -2.40. The highest BCUT2D eigenvalue weighted by Crippen LogP contribution is 2.34. The molecule has 1 aliphatic heterocycles. The number of ether oxygens (including phenoxy) is 2. The highest BCUT2D eigenvalue weighted by atomic mass is 16.5. The second-order valence-electron chi connectivity index (χ2n) is 5.01. The van der Waals surface area contributed by atoms with E-state index in [1.54, 1.807) is 7.11 Å². The minimum Gasteiger partial charge on any atom is -0.385 e.